The summed E-state index contributed by atoms with van der Waals surface area (Å²) in [4.78, 5) is 42.6. The summed E-state index contributed by atoms with van der Waals surface area (Å²) in [6, 6.07) is 9.79. The number of thioether (sulfide) groups is 1. The second-order valence-electron chi connectivity index (χ2n) is 8.07. The number of ether oxygens (including phenoxy) is 4. The Balaban J connectivity index is 1.40. The normalized spacial score (nSPS) is 16.4. The van der Waals surface area contributed by atoms with E-state index in [-0.39, 0.29) is 30.1 Å². The van der Waals surface area contributed by atoms with Gasteiger partial charge in [0, 0.05) is 18.4 Å². The molecule has 3 heterocycles. The molecule has 1 aromatic heterocycles. The van der Waals surface area contributed by atoms with Crippen molar-refractivity contribution in [3.8, 4) is 11.5 Å². The molecule has 11 heteroatoms. The fourth-order valence-corrected chi connectivity index (χ4v) is 4.82. The van der Waals surface area contributed by atoms with Crippen LogP contribution < -0.4 is 20.3 Å². The van der Waals surface area contributed by atoms with E-state index >= 15 is 0 Å². The fourth-order valence-electron chi connectivity index (χ4n) is 4.01. The summed E-state index contributed by atoms with van der Waals surface area (Å²) in [5.41, 5.74) is 0.979. The number of carbonyl (C=O) groups excluding carboxylic acids is 2. The quantitative estimate of drug-likeness (QED) is 0.299. The number of benzene rings is 2. The Kier molecular flexibility index (Phi) is 6.60. The molecule has 2 aliphatic heterocycles. The molecule has 1 amide bonds. The van der Waals surface area contributed by atoms with Gasteiger partial charge < -0.3 is 24.3 Å². The third kappa shape index (κ3) is 4.96. The Labute approximate surface area is 204 Å². The average Bonchev–Trinajstić information content (AvgIpc) is 3.55. The van der Waals surface area contributed by atoms with E-state index in [2.05, 4.69) is 10.3 Å². The van der Waals surface area contributed by atoms with Gasteiger partial charge in [-0.05, 0) is 43.2 Å². The van der Waals surface area contributed by atoms with Gasteiger partial charge in [0.05, 0.1) is 42.0 Å². The molecule has 0 radical (unpaired) electrons. The standard InChI is InChI=1S/C24H23N3O7S/c1-31-23(30)14-4-6-17-18(9-14)26-24(27(22(17)29)11-16-3-2-8-32-16)35-12-21(28)25-15-5-7-19-20(10-15)34-13-33-19/h4-7,9-10,16H,2-3,8,11-13H2,1H3,(H,25,28)/t16-/m1/s1. The molecular weight excluding hydrogens is 474 g/mol. The number of carbonyl (C=O) groups is 2. The zero-order valence-electron chi connectivity index (χ0n) is 18.9. The molecule has 0 bridgehead atoms. The summed E-state index contributed by atoms with van der Waals surface area (Å²) in [5, 5.41) is 3.58. The van der Waals surface area contributed by atoms with E-state index in [0.717, 1.165) is 24.6 Å². The van der Waals surface area contributed by atoms with E-state index in [1.54, 1.807) is 34.9 Å². The lowest BCUT2D eigenvalue weighted by Gasteiger charge is -2.16. The molecule has 0 spiro atoms. The van der Waals surface area contributed by atoms with Crippen molar-refractivity contribution in [3.05, 3.63) is 52.3 Å². The Morgan fingerprint density at radius 2 is 2.06 bits per heavy atom. The summed E-state index contributed by atoms with van der Waals surface area (Å²) in [5.74, 6) is 0.430. The van der Waals surface area contributed by atoms with Gasteiger partial charge in [-0.2, -0.15) is 0 Å². The number of anilines is 1. The number of hydrogen-bond acceptors (Lipinski definition) is 9. The SMILES string of the molecule is COC(=O)c1ccc2c(=O)n(C[C@H]3CCCO3)c(SCC(=O)Nc3ccc4c(c3)OCO4)nc2c1. The maximum absolute atomic E-state index is 13.3. The van der Waals surface area contributed by atoms with Crippen molar-refractivity contribution >= 4 is 40.2 Å². The molecule has 1 atom stereocenters. The van der Waals surface area contributed by atoms with Crippen LogP contribution in [0.5, 0.6) is 11.5 Å². The van der Waals surface area contributed by atoms with Crippen molar-refractivity contribution in [1.29, 1.82) is 0 Å². The largest absolute Gasteiger partial charge is 0.465 e. The lowest BCUT2D eigenvalue weighted by atomic mass is 10.1. The zero-order valence-corrected chi connectivity index (χ0v) is 19.8. The molecule has 2 aromatic carbocycles. The van der Waals surface area contributed by atoms with Gasteiger partial charge in [-0.25, -0.2) is 9.78 Å². The van der Waals surface area contributed by atoms with Gasteiger partial charge in [0.25, 0.3) is 5.56 Å². The molecular formula is C24H23N3O7S. The molecule has 1 fully saturated rings. The maximum Gasteiger partial charge on any atom is 0.337 e. The first-order chi connectivity index (χ1) is 17.0. The molecule has 10 nitrogen and oxygen atoms in total. The van der Waals surface area contributed by atoms with E-state index in [1.165, 1.54) is 13.2 Å². The number of methoxy groups -OCH3 is 1. The minimum Gasteiger partial charge on any atom is -0.465 e. The number of amides is 1. The van der Waals surface area contributed by atoms with Crippen LogP contribution in [-0.4, -0.2) is 53.8 Å². The Morgan fingerprint density at radius 3 is 2.86 bits per heavy atom. The lowest BCUT2D eigenvalue weighted by molar-refractivity contribution is -0.113. The van der Waals surface area contributed by atoms with Crippen LogP contribution in [0.3, 0.4) is 0 Å². The van der Waals surface area contributed by atoms with Crippen LogP contribution in [-0.2, 0) is 20.8 Å². The van der Waals surface area contributed by atoms with Gasteiger partial charge >= 0.3 is 5.97 Å². The molecule has 35 heavy (non-hydrogen) atoms. The summed E-state index contributed by atoms with van der Waals surface area (Å²) < 4.78 is 22.7. The van der Waals surface area contributed by atoms with Crippen LogP contribution in [0.4, 0.5) is 5.69 Å². The molecule has 2 aliphatic rings. The first-order valence-corrected chi connectivity index (χ1v) is 12.1. The smallest absolute Gasteiger partial charge is 0.337 e. The highest BCUT2D eigenvalue weighted by Crippen LogP contribution is 2.34. The highest BCUT2D eigenvalue weighted by atomic mass is 32.2. The van der Waals surface area contributed by atoms with Crippen LogP contribution in [0.25, 0.3) is 10.9 Å². The summed E-state index contributed by atoms with van der Waals surface area (Å²) in [6.07, 6.45) is 1.69. The second-order valence-corrected chi connectivity index (χ2v) is 9.02. The third-order valence-corrected chi connectivity index (χ3v) is 6.72. The third-order valence-electron chi connectivity index (χ3n) is 5.74. The summed E-state index contributed by atoms with van der Waals surface area (Å²) >= 11 is 1.14. The molecule has 1 N–H and O–H groups in total. The number of fused-ring (bicyclic) bond motifs is 2. The fraction of sp³-hybridized carbons (Fsp3) is 0.333. The van der Waals surface area contributed by atoms with Crippen molar-refractivity contribution in [2.24, 2.45) is 0 Å². The molecule has 3 aromatic rings. The summed E-state index contributed by atoms with van der Waals surface area (Å²) in [6.45, 7) is 1.14. The molecule has 5 rings (SSSR count). The van der Waals surface area contributed by atoms with Crippen LogP contribution in [0.15, 0.2) is 46.3 Å². The molecule has 0 unspecified atom stereocenters. The van der Waals surface area contributed by atoms with Crippen LogP contribution >= 0.6 is 11.8 Å². The first kappa shape index (κ1) is 23.2. The van der Waals surface area contributed by atoms with Crippen LogP contribution in [0, 0.1) is 0 Å². The van der Waals surface area contributed by atoms with Crippen LogP contribution in [0.2, 0.25) is 0 Å². The molecule has 1 saturated heterocycles. The number of nitrogens with one attached hydrogen (secondary N) is 1. The number of esters is 1. The lowest BCUT2D eigenvalue weighted by Crippen LogP contribution is -2.29. The molecule has 182 valence electrons. The van der Waals surface area contributed by atoms with Crippen LogP contribution in [0.1, 0.15) is 23.2 Å². The van der Waals surface area contributed by atoms with E-state index < -0.39 is 5.97 Å². The van der Waals surface area contributed by atoms with Gasteiger partial charge in [-0.15, -0.1) is 0 Å². The maximum atomic E-state index is 13.3. The van der Waals surface area contributed by atoms with Gasteiger partial charge in [-0.3, -0.25) is 14.2 Å². The van der Waals surface area contributed by atoms with Crippen molar-refractivity contribution in [2.45, 2.75) is 30.6 Å². The van der Waals surface area contributed by atoms with E-state index in [0.29, 0.717) is 52.0 Å². The average molecular weight is 498 g/mol. The van der Waals surface area contributed by atoms with Gasteiger partial charge in [-0.1, -0.05) is 11.8 Å². The second kappa shape index (κ2) is 9.96. The zero-order chi connectivity index (χ0) is 24.4. The van der Waals surface area contributed by atoms with E-state index in [4.69, 9.17) is 18.9 Å². The topological polar surface area (TPSA) is 118 Å². The number of nitrogens with zero attached hydrogens (tertiary/aromatic N) is 2. The first-order valence-electron chi connectivity index (χ1n) is 11.1. The predicted octanol–water partition coefficient (Wildman–Crippen LogP) is 2.82. The van der Waals surface area contributed by atoms with Crippen molar-refractivity contribution < 1.29 is 28.5 Å². The van der Waals surface area contributed by atoms with E-state index in [9.17, 15) is 14.4 Å². The Morgan fingerprint density at radius 1 is 1.20 bits per heavy atom. The number of rotatable bonds is 7. The van der Waals surface area contributed by atoms with E-state index in [1.807, 2.05) is 0 Å². The number of aromatic nitrogens is 2. The highest BCUT2D eigenvalue weighted by molar-refractivity contribution is 7.99. The van der Waals surface area contributed by atoms with Crippen molar-refractivity contribution in [2.75, 3.05) is 31.6 Å². The highest BCUT2D eigenvalue weighted by Gasteiger charge is 2.22. The number of hydrogen-bond donors (Lipinski definition) is 1. The van der Waals surface area contributed by atoms with Gasteiger partial charge in [0.1, 0.15) is 0 Å². The minimum absolute atomic E-state index is 0.0224. The van der Waals surface area contributed by atoms with Gasteiger partial charge in [0.2, 0.25) is 12.7 Å². The van der Waals surface area contributed by atoms with Gasteiger partial charge in [0.15, 0.2) is 16.7 Å². The Hall–Kier alpha value is -3.57. The van der Waals surface area contributed by atoms with Crippen molar-refractivity contribution in [3.63, 3.8) is 0 Å². The Bertz CT molecular complexity index is 1350. The molecule has 0 aliphatic carbocycles. The molecule has 0 saturated carbocycles. The minimum atomic E-state index is -0.519. The summed E-state index contributed by atoms with van der Waals surface area (Å²) in [7, 11) is 1.29. The monoisotopic (exact) mass is 497 g/mol. The van der Waals surface area contributed by atoms with Crippen molar-refractivity contribution in [1.82, 2.24) is 9.55 Å². The predicted molar refractivity (Wildman–Crippen MR) is 128 cm³/mol.